The van der Waals surface area contributed by atoms with Crippen LogP contribution in [0.2, 0.25) is 0 Å². The van der Waals surface area contributed by atoms with E-state index in [1.165, 1.54) is 0 Å². The highest BCUT2D eigenvalue weighted by molar-refractivity contribution is 7.15. The van der Waals surface area contributed by atoms with Gasteiger partial charge >= 0.3 is 0 Å². The summed E-state index contributed by atoms with van der Waals surface area (Å²) in [7, 11) is 0. The van der Waals surface area contributed by atoms with Gasteiger partial charge in [0, 0.05) is 43.1 Å². The fourth-order valence-corrected chi connectivity index (χ4v) is 3.35. The zero-order chi connectivity index (χ0) is 15.7. The van der Waals surface area contributed by atoms with Crippen LogP contribution in [0.1, 0.15) is 35.7 Å². The molecule has 1 saturated heterocycles. The molecule has 3 heterocycles. The molecule has 2 aromatic rings. The Kier molecular flexibility index (Phi) is 4.06. The first-order valence-electron chi connectivity index (χ1n) is 7.32. The Balaban J connectivity index is 1.79. The molecule has 1 aliphatic rings. The SMILES string of the molecule is CC(=O)N1CC[C@@H](c2cc(Nc3ncc(C)s3)nc(C)n2)C1. The number of thiazole rings is 1. The Morgan fingerprint density at radius 2 is 2.23 bits per heavy atom. The van der Waals surface area contributed by atoms with Gasteiger partial charge in [0.05, 0.1) is 5.69 Å². The van der Waals surface area contributed by atoms with E-state index < -0.39 is 0 Å². The van der Waals surface area contributed by atoms with Crippen molar-refractivity contribution in [1.29, 1.82) is 0 Å². The molecule has 0 aliphatic carbocycles. The maximum absolute atomic E-state index is 11.5. The van der Waals surface area contributed by atoms with Crippen LogP contribution in [0, 0.1) is 13.8 Å². The molecule has 0 spiro atoms. The van der Waals surface area contributed by atoms with Crippen LogP contribution in [0.3, 0.4) is 0 Å². The largest absolute Gasteiger partial charge is 0.342 e. The molecule has 22 heavy (non-hydrogen) atoms. The van der Waals surface area contributed by atoms with Crippen LogP contribution in [0.4, 0.5) is 10.9 Å². The molecular weight excluding hydrogens is 298 g/mol. The Hall–Kier alpha value is -2.02. The fourth-order valence-electron chi connectivity index (χ4n) is 2.67. The van der Waals surface area contributed by atoms with Gasteiger partial charge in [-0.05, 0) is 20.3 Å². The van der Waals surface area contributed by atoms with Crippen LogP contribution in [-0.4, -0.2) is 38.8 Å². The molecule has 0 radical (unpaired) electrons. The summed E-state index contributed by atoms with van der Waals surface area (Å²) in [6.45, 7) is 7.07. The van der Waals surface area contributed by atoms with Crippen LogP contribution < -0.4 is 5.32 Å². The lowest BCUT2D eigenvalue weighted by Crippen LogP contribution is -2.25. The van der Waals surface area contributed by atoms with Gasteiger partial charge in [-0.2, -0.15) is 0 Å². The molecule has 0 bridgehead atoms. The molecule has 116 valence electrons. The molecule has 3 rings (SSSR count). The molecule has 6 nitrogen and oxygen atoms in total. The van der Waals surface area contributed by atoms with Gasteiger partial charge in [0.1, 0.15) is 11.6 Å². The second-order valence-electron chi connectivity index (χ2n) is 5.58. The summed E-state index contributed by atoms with van der Waals surface area (Å²) in [5, 5.41) is 4.07. The molecule has 0 unspecified atom stereocenters. The molecule has 0 aromatic carbocycles. The minimum absolute atomic E-state index is 0.130. The second kappa shape index (κ2) is 6.00. The highest BCUT2D eigenvalue weighted by Crippen LogP contribution is 2.28. The third kappa shape index (κ3) is 3.24. The van der Waals surface area contributed by atoms with E-state index in [-0.39, 0.29) is 11.8 Å². The lowest BCUT2D eigenvalue weighted by atomic mass is 10.0. The third-order valence-electron chi connectivity index (χ3n) is 3.77. The number of anilines is 2. The van der Waals surface area contributed by atoms with Crippen molar-refractivity contribution in [1.82, 2.24) is 19.9 Å². The van der Waals surface area contributed by atoms with Gasteiger partial charge in [-0.15, -0.1) is 11.3 Å². The predicted molar refractivity (Wildman–Crippen MR) is 86.5 cm³/mol. The number of hydrogen-bond acceptors (Lipinski definition) is 6. The highest BCUT2D eigenvalue weighted by Gasteiger charge is 2.27. The van der Waals surface area contributed by atoms with E-state index in [1.54, 1.807) is 18.3 Å². The van der Waals surface area contributed by atoms with Crippen molar-refractivity contribution in [2.24, 2.45) is 0 Å². The van der Waals surface area contributed by atoms with Gasteiger partial charge < -0.3 is 10.2 Å². The monoisotopic (exact) mass is 317 g/mol. The van der Waals surface area contributed by atoms with E-state index in [2.05, 4.69) is 20.3 Å². The van der Waals surface area contributed by atoms with E-state index in [9.17, 15) is 4.79 Å². The van der Waals surface area contributed by atoms with Crippen molar-refractivity contribution in [3.63, 3.8) is 0 Å². The molecule has 1 N–H and O–H groups in total. The lowest BCUT2D eigenvalue weighted by molar-refractivity contribution is -0.127. The van der Waals surface area contributed by atoms with Gasteiger partial charge in [0.15, 0.2) is 5.13 Å². The predicted octanol–water partition coefficient (Wildman–Crippen LogP) is 2.63. The number of aromatic nitrogens is 3. The number of carbonyl (C=O) groups excluding carboxylic acids is 1. The van der Waals surface area contributed by atoms with Gasteiger partial charge in [-0.3, -0.25) is 4.79 Å². The maximum Gasteiger partial charge on any atom is 0.219 e. The van der Waals surface area contributed by atoms with E-state index in [4.69, 9.17) is 0 Å². The van der Waals surface area contributed by atoms with E-state index in [0.29, 0.717) is 0 Å². The average Bonchev–Trinajstić information content (AvgIpc) is 3.07. The van der Waals surface area contributed by atoms with Crippen molar-refractivity contribution in [3.8, 4) is 0 Å². The number of carbonyl (C=O) groups is 1. The first kappa shape index (κ1) is 14.9. The van der Waals surface area contributed by atoms with Crippen molar-refractivity contribution in [2.45, 2.75) is 33.1 Å². The summed E-state index contributed by atoms with van der Waals surface area (Å²) in [5.74, 6) is 1.90. The molecule has 1 fully saturated rings. The summed E-state index contributed by atoms with van der Waals surface area (Å²) in [4.78, 5) is 27.8. The first-order valence-corrected chi connectivity index (χ1v) is 8.13. The normalized spacial score (nSPS) is 17.8. The van der Waals surface area contributed by atoms with Gasteiger partial charge in [0.2, 0.25) is 5.91 Å². The van der Waals surface area contributed by atoms with E-state index in [0.717, 1.165) is 46.9 Å². The van der Waals surface area contributed by atoms with Crippen LogP contribution in [0.5, 0.6) is 0 Å². The fraction of sp³-hybridized carbons (Fsp3) is 0.467. The zero-order valence-corrected chi connectivity index (χ0v) is 13.8. The summed E-state index contributed by atoms with van der Waals surface area (Å²) >= 11 is 1.60. The van der Waals surface area contributed by atoms with Crippen LogP contribution in [-0.2, 0) is 4.79 Å². The topological polar surface area (TPSA) is 71.0 Å². The third-order valence-corrected chi connectivity index (χ3v) is 4.59. The van der Waals surface area contributed by atoms with Gasteiger partial charge in [-0.25, -0.2) is 15.0 Å². The molecule has 2 aromatic heterocycles. The molecule has 1 amide bonds. The summed E-state index contributed by atoms with van der Waals surface area (Å²) < 4.78 is 0. The average molecular weight is 317 g/mol. The number of nitrogens with zero attached hydrogens (tertiary/aromatic N) is 4. The Labute approximate surface area is 133 Å². The Bertz CT molecular complexity index is 699. The van der Waals surface area contributed by atoms with Crippen LogP contribution in [0.25, 0.3) is 0 Å². The summed E-state index contributed by atoms with van der Waals surface area (Å²) in [5.41, 5.74) is 0.993. The first-order chi connectivity index (χ1) is 10.5. The van der Waals surface area contributed by atoms with Crippen LogP contribution in [0.15, 0.2) is 12.3 Å². The Morgan fingerprint density at radius 1 is 1.41 bits per heavy atom. The lowest BCUT2D eigenvalue weighted by Gasteiger charge is -2.14. The smallest absolute Gasteiger partial charge is 0.219 e. The summed E-state index contributed by atoms with van der Waals surface area (Å²) in [6, 6.07) is 1.97. The van der Waals surface area contributed by atoms with E-state index in [1.807, 2.05) is 31.0 Å². The van der Waals surface area contributed by atoms with Gasteiger partial charge in [0.25, 0.3) is 0 Å². The number of amides is 1. The molecule has 1 aliphatic heterocycles. The highest BCUT2D eigenvalue weighted by atomic mass is 32.1. The van der Waals surface area contributed by atoms with Crippen molar-refractivity contribution in [3.05, 3.63) is 28.7 Å². The van der Waals surface area contributed by atoms with E-state index >= 15 is 0 Å². The molecule has 7 heteroatoms. The summed E-state index contributed by atoms with van der Waals surface area (Å²) in [6.07, 6.45) is 2.79. The number of hydrogen-bond donors (Lipinski definition) is 1. The number of aryl methyl sites for hydroxylation is 2. The second-order valence-corrected chi connectivity index (χ2v) is 6.81. The van der Waals surface area contributed by atoms with Crippen molar-refractivity contribution >= 4 is 28.2 Å². The van der Waals surface area contributed by atoms with Gasteiger partial charge in [-0.1, -0.05) is 0 Å². The number of rotatable bonds is 3. The Morgan fingerprint density at radius 3 is 2.86 bits per heavy atom. The number of nitrogens with one attached hydrogen (secondary N) is 1. The zero-order valence-electron chi connectivity index (χ0n) is 13.0. The molecule has 0 saturated carbocycles. The quantitative estimate of drug-likeness (QED) is 0.942. The minimum atomic E-state index is 0.130. The number of likely N-dealkylation sites (tertiary alicyclic amines) is 1. The molecular formula is C15H19N5OS. The minimum Gasteiger partial charge on any atom is -0.342 e. The molecule has 1 atom stereocenters. The van der Waals surface area contributed by atoms with Crippen molar-refractivity contribution < 1.29 is 4.79 Å². The van der Waals surface area contributed by atoms with Crippen molar-refractivity contribution in [2.75, 3.05) is 18.4 Å². The standard InChI is InChI=1S/C15H19N5OS/c1-9-7-16-15(22-9)19-14-6-13(17-10(2)18-14)12-4-5-20(8-12)11(3)21/h6-7,12H,4-5,8H2,1-3H3,(H,16,17,18,19)/t12-/m1/s1. The maximum atomic E-state index is 11.5. The van der Waals surface area contributed by atoms with Crippen LogP contribution >= 0.6 is 11.3 Å².